The van der Waals surface area contributed by atoms with Gasteiger partial charge < -0.3 is 19.0 Å². The maximum absolute atomic E-state index is 12.9. The number of nitrogens with one attached hydrogen (secondary N) is 1. The van der Waals surface area contributed by atoms with Crippen molar-refractivity contribution >= 4 is 28.7 Å². The minimum atomic E-state index is -0.946. The van der Waals surface area contributed by atoms with Crippen LogP contribution in [0.4, 0.5) is 4.79 Å². The van der Waals surface area contributed by atoms with Gasteiger partial charge in [0.25, 0.3) is 0 Å². The number of hydrogen-bond acceptors (Lipinski definition) is 5. The molecule has 2 saturated heterocycles. The normalized spacial score (nSPS) is 24.3. The summed E-state index contributed by atoms with van der Waals surface area (Å²) in [4.78, 5) is 22.9. The number of carbonyl (C=O) groups is 1. The lowest BCUT2D eigenvalue weighted by Gasteiger charge is -2.32. The number of H-pyrrole nitrogens is 1. The number of imidazole rings is 1. The average Bonchev–Trinajstić information content (AvgIpc) is 3.35. The Bertz CT molecular complexity index is 1040. The molecule has 0 spiro atoms. The standard InChI is InChI=1S/C25H38BN3O4S/c1-23(2,3)31-22(30)29-16-34(8,9)15-20(29)21-27-14-19(28-21)17-10-12-18(13-11-17)26-32-24(4,5)25(6,7)33-26/h10-14,20H,15-16H2,1-9H3,(H,27,28)/t20-/m0/s1. The van der Waals surface area contributed by atoms with Gasteiger partial charge in [0.15, 0.2) is 0 Å². The summed E-state index contributed by atoms with van der Waals surface area (Å²) in [6.07, 6.45) is 6.07. The first kappa shape index (κ1) is 25.1. The van der Waals surface area contributed by atoms with Gasteiger partial charge in [-0.25, -0.2) is 19.8 Å². The number of rotatable bonds is 3. The molecule has 3 heterocycles. The van der Waals surface area contributed by atoms with E-state index < -0.39 is 15.6 Å². The van der Waals surface area contributed by atoms with Crippen molar-refractivity contribution in [1.82, 2.24) is 14.9 Å². The highest BCUT2D eigenvalue weighted by Gasteiger charge is 2.51. The Labute approximate surface area is 205 Å². The van der Waals surface area contributed by atoms with Crippen molar-refractivity contribution in [2.45, 2.75) is 71.3 Å². The minimum absolute atomic E-state index is 0.113. The molecule has 2 aliphatic rings. The zero-order valence-corrected chi connectivity index (χ0v) is 22.7. The van der Waals surface area contributed by atoms with Gasteiger partial charge in [-0.3, -0.25) is 4.90 Å². The van der Waals surface area contributed by atoms with Crippen LogP contribution < -0.4 is 5.46 Å². The number of carbonyl (C=O) groups excluding carboxylic acids is 1. The van der Waals surface area contributed by atoms with E-state index in [9.17, 15) is 4.79 Å². The number of nitrogens with zero attached hydrogens (tertiary/aromatic N) is 2. The molecule has 0 aliphatic carbocycles. The van der Waals surface area contributed by atoms with Gasteiger partial charge in [0.2, 0.25) is 0 Å². The lowest BCUT2D eigenvalue weighted by molar-refractivity contribution is 0.00578. The van der Waals surface area contributed by atoms with Crippen molar-refractivity contribution in [3.63, 3.8) is 0 Å². The van der Waals surface area contributed by atoms with E-state index in [-0.39, 0.29) is 30.5 Å². The Morgan fingerprint density at radius 3 is 2.29 bits per heavy atom. The fourth-order valence-corrected chi connectivity index (χ4v) is 6.55. The average molecular weight is 487 g/mol. The predicted octanol–water partition coefficient (Wildman–Crippen LogP) is 4.69. The van der Waals surface area contributed by atoms with Crippen LogP contribution in [0.2, 0.25) is 0 Å². The van der Waals surface area contributed by atoms with Crippen molar-refractivity contribution < 1.29 is 18.8 Å². The molecule has 1 N–H and O–H groups in total. The van der Waals surface area contributed by atoms with Crippen molar-refractivity contribution in [2.75, 3.05) is 24.1 Å². The molecule has 2 aliphatic heterocycles. The first-order valence-electron chi connectivity index (χ1n) is 11.8. The van der Waals surface area contributed by atoms with Gasteiger partial charge >= 0.3 is 13.2 Å². The van der Waals surface area contributed by atoms with Crippen LogP contribution in [0.1, 0.15) is 60.3 Å². The molecular weight excluding hydrogens is 449 g/mol. The third-order valence-electron chi connectivity index (χ3n) is 6.76. The van der Waals surface area contributed by atoms with Crippen LogP contribution in [0.15, 0.2) is 30.5 Å². The van der Waals surface area contributed by atoms with Crippen LogP contribution in [0.3, 0.4) is 0 Å². The van der Waals surface area contributed by atoms with Crippen molar-refractivity contribution in [3.8, 4) is 11.3 Å². The van der Waals surface area contributed by atoms with Gasteiger partial charge in [-0.15, -0.1) is 0 Å². The first-order valence-corrected chi connectivity index (χ1v) is 14.5. The highest BCUT2D eigenvalue weighted by atomic mass is 32.3. The van der Waals surface area contributed by atoms with Crippen LogP contribution in [0.5, 0.6) is 0 Å². The molecule has 0 bridgehead atoms. The molecule has 2 aromatic rings. The molecular formula is C25H38BN3O4S. The number of aromatic amines is 1. The second-order valence-corrected chi connectivity index (χ2v) is 16.0. The number of aromatic nitrogens is 2. The zero-order chi connectivity index (χ0) is 25.1. The monoisotopic (exact) mass is 487 g/mol. The topological polar surface area (TPSA) is 76.7 Å². The van der Waals surface area contributed by atoms with Crippen LogP contribution in [0.25, 0.3) is 11.3 Å². The van der Waals surface area contributed by atoms with E-state index in [0.29, 0.717) is 5.88 Å². The third-order valence-corrected chi connectivity index (χ3v) is 8.96. The summed E-state index contributed by atoms with van der Waals surface area (Å²) >= 11 is 0. The van der Waals surface area contributed by atoms with E-state index in [2.05, 4.69) is 50.2 Å². The molecule has 0 saturated carbocycles. The summed E-state index contributed by atoms with van der Waals surface area (Å²) in [7, 11) is -1.33. The number of hydrogen-bond donors (Lipinski definition) is 1. The molecule has 1 aromatic carbocycles. The zero-order valence-electron chi connectivity index (χ0n) is 21.9. The van der Waals surface area contributed by atoms with Crippen LogP contribution in [-0.2, 0) is 14.0 Å². The highest BCUT2D eigenvalue weighted by Crippen LogP contribution is 2.52. The molecule has 1 aromatic heterocycles. The Morgan fingerprint density at radius 2 is 1.74 bits per heavy atom. The summed E-state index contributed by atoms with van der Waals surface area (Å²) < 4.78 is 18.0. The molecule has 0 radical (unpaired) electrons. The quantitative estimate of drug-likeness (QED) is 0.636. The smallest absolute Gasteiger partial charge is 0.444 e. The maximum atomic E-state index is 12.9. The van der Waals surface area contributed by atoms with E-state index >= 15 is 0 Å². The van der Waals surface area contributed by atoms with Gasteiger partial charge in [-0.2, -0.15) is 0 Å². The fraction of sp³-hybridized carbons (Fsp3) is 0.600. The summed E-state index contributed by atoms with van der Waals surface area (Å²) in [6, 6.07) is 8.06. The van der Waals surface area contributed by atoms with Gasteiger partial charge in [0, 0.05) is 5.75 Å². The van der Waals surface area contributed by atoms with E-state index in [4.69, 9.17) is 14.0 Å². The predicted molar refractivity (Wildman–Crippen MR) is 140 cm³/mol. The van der Waals surface area contributed by atoms with E-state index in [1.807, 2.05) is 56.1 Å². The molecule has 7 nitrogen and oxygen atoms in total. The number of ether oxygens (including phenoxy) is 1. The largest absolute Gasteiger partial charge is 0.494 e. The Kier molecular flexibility index (Phi) is 6.15. The molecule has 1 atom stereocenters. The fourth-order valence-electron chi connectivity index (χ4n) is 4.22. The summed E-state index contributed by atoms with van der Waals surface area (Å²) in [5.41, 5.74) is 1.65. The van der Waals surface area contributed by atoms with E-state index in [1.165, 1.54) is 0 Å². The SMILES string of the molecule is CC(C)(C)OC(=O)N1CS(C)(C)C[C@H]1c1ncc(-c2ccc(B3OC(C)(C)C(C)(C)O3)cc2)[nH]1. The van der Waals surface area contributed by atoms with Gasteiger partial charge in [0.05, 0.1) is 29.0 Å². The summed E-state index contributed by atoms with van der Waals surface area (Å²) in [5.74, 6) is 2.42. The Morgan fingerprint density at radius 1 is 1.15 bits per heavy atom. The molecule has 0 unspecified atom stereocenters. The van der Waals surface area contributed by atoms with Crippen molar-refractivity contribution in [3.05, 3.63) is 36.3 Å². The van der Waals surface area contributed by atoms with Crippen LogP contribution >= 0.6 is 10.0 Å². The van der Waals surface area contributed by atoms with E-state index in [0.717, 1.165) is 28.3 Å². The van der Waals surface area contributed by atoms with Crippen molar-refractivity contribution in [2.24, 2.45) is 0 Å². The molecule has 1 amide bonds. The second kappa shape index (κ2) is 8.31. The summed E-state index contributed by atoms with van der Waals surface area (Å²) in [6.45, 7) is 13.9. The van der Waals surface area contributed by atoms with Crippen LogP contribution in [-0.4, -0.2) is 69.0 Å². The molecule has 34 heavy (non-hydrogen) atoms. The number of amides is 1. The highest BCUT2D eigenvalue weighted by molar-refractivity contribution is 8.32. The Hall–Kier alpha value is -1.97. The summed E-state index contributed by atoms with van der Waals surface area (Å²) in [5, 5.41) is 0. The van der Waals surface area contributed by atoms with Crippen molar-refractivity contribution in [1.29, 1.82) is 0 Å². The second-order valence-electron chi connectivity index (χ2n) is 11.9. The lowest BCUT2D eigenvalue weighted by Crippen LogP contribution is -2.41. The Balaban J connectivity index is 1.52. The molecule has 186 valence electrons. The van der Waals surface area contributed by atoms with Gasteiger partial charge in [-0.05, 0) is 72.0 Å². The van der Waals surface area contributed by atoms with Crippen LogP contribution in [0, 0.1) is 0 Å². The minimum Gasteiger partial charge on any atom is -0.444 e. The van der Waals surface area contributed by atoms with Gasteiger partial charge in [0.1, 0.15) is 17.5 Å². The third kappa shape index (κ3) is 5.02. The number of benzene rings is 1. The van der Waals surface area contributed by atoms with Gasteiger partial charge in [-0.1, -0.05) is 24.3 Å². The first-order chi connectivity index (χ1) is 15.6. The molecule has 9 heteroatoms. The maximum Gasteiger partial charge on any atom is 0.494 e. The molecule has 2 fully saturated rings. The molecule has 4 rings (SSSR count). The lowest BCUT2D eigenvalue weighted by atomic mass is 9.79. The van der Waals surface area contributed by atoms with E-state index in [1.54, 1.807) is 0 Å².